The van der Waals surface area contributed by atoms with Crippen molar-refractivity contribution in [2.75, 3.05) is 0 Å². The van der Waals surface area contributed by atoms with Crippen molar-refractivity contribution in [2.45, 2.75) is 59.7 Å². The lowest BCUT2D eigenvalue weighted by atomic mass is 9.74. The third-order valence-corrected chi connectivity index (χ3v) is 3.78. The van der Waals surface area contributed by atoms with E-state index in [-0.39, 0.29) is 17.6 Å². The Hall–Kier alpha value is -2.11. The van der Waals surface area contributed by atoms with Gasteiger partial charge in [0.15, 0.2) is 0 Å². The van der Waals surface area contributed by atoms with Gasteiger partial charge in [-0.3, -0.25) is 4.79 Å². The zero-order valence-corrected chi connectivity index (χ0v) is 14.5. The topological polar surface area (TPSA) is 89.9 Å². The molecule has 0 bridgehead atoms. The van der Waals surface area contributed by atoms with Crippen molar-refractivity contribution < 1.29 is 29.0 Å². The van der Waals surface area contributed by atoms with Crippen LogP contribution in [-0.4, -0.2) is 35.2 Å². The fourth-order valence-electron chi connectivity index (χ4n) is 2.34. The molecule has 2 atom stereocenters. The van der Waals surface area contributed by atoms with Crippen molar-refractivity contribution in [3.05, 3.63) is 24.3 Å². The van der Waals surface area contributed by atoms with E-state index in [1.165, 1.54) is 27.7 Å². The number of aliphatic carboxylic acids is 1. The first-order chi connectivity index (χ1) is 10.5. The monoisotopic (exact) mass is 326 g/mol. The highest BCUT2D eigenvalue weighted by atomic mass is 16.6. The largest absolute Gasteiger partial charge is 0.481 e. The van der Waals surface area contributed by atoms with Crippen LogP contribution in [0.5, 0.6) is 0 Å². The first-order valence-electron chi connectivity index (χ1n) is 7.47. The molecule has 0 aliphatic heterocycles. The lowest BCUT2D eigenvalue weighted by Crippen LogP contribution is -2.52. The second kappa shape index (κ2) is 8.50. The number of carbonyl (C=O) groups is 3. The maximum Gasteiger partial charge on any atom is 0.333 e. The Labute approximate surface area is 137 Å². The van der Waals surface area contributed by atoms with Crippen molar-refractivity contribution in [1.82, 2.24) is 0 Å². The highest BCUT2D eigenvalue weighted by Gasteiger charge is 2.52. The van der Waals surface area contributed by atoms with E-state index in [0.29, 0.717) is 6.42 Å². The minimum absolute atomic E-state index is 0.166. The molecule has 6 nitrogen and oxygen atoms in total. The minimum atomic E-state index is -1.55. The van der Waals surface area contributed by atoms with E-state index in [1.807, 2.05) is 0 Å². The molecular weight excluding hydrogens is 300 g/mol. The Kier molecular flexibility index (Phi) is 7.72. The zero-order chi connectivity index (χ0) is 18.4. The number of esters is 2. The van der Waals surface area contributed by atoms with Crippen LogP contribution in [0.25, 0.3) is 0 Å². The van der Waals surface area contributed by atoms with Crippen molar-refractivity contribution in [3.8, 4) is 0 Å². The highest BCUT2D eigenvalue weighted by molar-refractivity contribution is 5.88. The van der Waals surface area contributed by atoms with Crippen molar-refractivity contribution in [1.29, 1.82) is 0 Å². The number of hydrogen-bond acceptors (Lipinski definition) is 5. The molecule has 0 heterocycles. The summed E-state index contributed by atoms with van der Waals surface area (Å²) in [7, 11) is 0. The minimum Gasteiger partial charge on any atom is -0.481 e. The van der Waals surface area contributed by atoms with Gasteiger partial charge in [-0.25, -0.2) is 9.59 Å². The summed E-state index contributed by atoms with van der Waals surface area (Å²) in [5.41, 5.74) is -1.22. The van der Waals surface area contributed by atoms with Crippen molar-refractivity contribution >= 4 is 17.9 Å². The molecule has 0 aliphatic carbocycles. The van der Waals surface area contributed by atoms with Gasteiger partial charge in [0.05, 0.1) is 0 Å². The fourth-order valence-corrected chi connectivity index (χ4v) is 2.34. The van der Waals surface area contributed by atoms with Crippen LogP contribution in [0.1, 0.15) is 47.5 Å². The molecule has 0 radical (unpaired) electrons. The molecule has 130 valence electrons. The lowest BCUT2D eigenvalue weighted by molar-refractivity contribution is -0.184. The summed E-state index contributed by atoms with van der Waals surface area (Å²) >= 11 is 0. The van der Waals surface area contributed by atoms with Crippen LogP contribution in [0.3, 0.4) is 0 Å². The lowest BCUT2D eigenvalue weighted by Gasteiger charge is -2.38. The molecule has 6 heteroatoms. The Balaban J connectivity index is 5.66. The molecule has 0 aliphatic rings. The van der Waals surface area contributed by atoms with Crippen molar-refractivity contribution in [3.63, 3.8) is 0 Å². The van der Waals surface area contributed by atoms with Crippen LogP contribution in [0.2, 0.25) is 0 Å². The average Bonchev–Trinajstić information content (AvgIpc) is 2.43. The maximum absolute atomic E-state index is 12.0. The molecule has 23 heavy (non-hydrogen) atoms. The van der Waals surface area contributed by atoms with E-state index in [2.05, 4.69) is 13.2 Å². The van der Waals surface area contributed by atoms with Gasteiger partial charge in [-0.2, -0.15) is 0 Å². The summed E-state index contributed by atoms with van der Waals surface area (Å²) < 4.78 is 10.4. The van der Waals surface area contributed by atoms with E-state index in [1.54, 1.807) is 6.92 Å². The third kappa shape index (κ3) is 4.94. The summed E-state index contributed by atoms with van der Waals surface area (Å²) in [6.45, 7) is 14.7. The van der Waals surface area contributed by atoms with Gasteiger partial charge < -0.3 is 14.6 Å². The van der Waals surface area contributed by atoms with Gasteiger partial charge in [0.2, 0.25) is 0 Å². The van der Waals surface area contributed by atoms with Crippen LogP contribution >= 0.6 is 0 Å². The van der Waals surface area contributed by atoms with Gasteiger partial charge in [0.1, 0.15) is 17.6 Å². The normalized spacial score (nSPS) is 15.7. The van der Waals surface area contributed by atoms with E-state index < -0.39 is 35.5 Å². The van der Waals surface area contributed by atoms with Crippen LogP contribution in [-0.2, 0) is 23.9 Å². The molecule has 0 saturated heterocycles. The molecule has 2 unspecified atom stereocenters. The van der Waals surface area contributed by atoms with Crippen LogP contribution in [0.4, 0.5) is 0 Å². The van der Waals surface area contributed by atoms with Gasteiger partial charge >= 0.3 is 17.9 Å². The number of hydrogen-bond donors (Lipinski definition) is 1. The van der Waals surface area contributed by atoms with Gasteiger partial charge in [0, 0.05) is 11.1 Å². The molecule has 0 aromatic carbocycles. The second-order valence-electron chi connectivity index (χ2n) is 5.75. The molecule has 0 amide bonds. The van der Waals surface area contributed by atoms with E-state index in [4.69, 9.17) is 9.47 Å². The molecule has 0 spiro atoms. The Morgan fingerprint density at radius 3 is 1.57 bits per heavy atom. The number of carboxylic acids is 1. The molecule has 0 aromatic heterocycles. The summed E-state index contributed by atoms with van der Waals surface area (Å²) in [5.74, 6) is -2.56. The standard InChI is InChI=1S/C17H26O6/c1-8-9-17(16(20)21,12(6)22-14(18)10(2)3)13(7)23-15(19)11(4)5/h12-13H,2,4,8-9H2,1,3,5-7H3,(H,20,21). The van der Waals surface area contributed by atoms with E-state index in [9.17, 15) is 19.5 Å². The third-order valence-electron chi connectivity index (χ3n) is 3.78. The van der Waals surface area contributed by atoms with Crippen LogP contribution in [0, 0.1) is 5.41 Å². The molecule has 1 N–H and O–H groups in total. The summed E-state index contributed by atoms with van der Waals surface area (Å²) in [6, 6.07) is 0. The average molecular weight is 326 g/mol. The SMILES string of the molecule is C=C(C)C(=O)OC(C)C(CCC)(C(=O)O)C(C)OC(=O)C(=C)C. The van der Waals surface area contributed by atoms with E-state index in [0.717, 1.165) is 0 Å². The van der Waals surface area contributed by atoms with Crippen LogP contribution < -0.4 is 0 Å². The quantitative estimate of drug-likeness (QED) is 0.517. The first-order valence-corrected chi connectivity index (χ1v) is 7.47. The zero-order valence-electron chi connectivity index (χ0n) is 14.5. The van der Waals surface area contributed by atoms with E-state index >= 15 is 0 Å². The smallest absolute Gasteiger partial charge is 0.333 e. The molecule has 0 saturated carbocycles. The molecular formula is C17H26O6. The first kappa shape index (κ1) is 20.9. The summed E-state index contributed by atoms with van der Waals surface area (Å²) in [6.07, 6.45) is -1.32. The Bertz CT molecular complexity index is 471. The van der Waals surface area contributed by atoms with Gasteiger partial charge in [-0.05, 0) is 34.1 Å². The summed E-state index contributed by atoms with van der Waals surface area (Å²) in [5, 5.41) is 9.77. The predicted octanol–water partition coefficient (Wildman–Crippen LogP) is 2.87. The second-order valence-corrected chi connectivity index (χ2v) is 5.75. The summed E-state index contributed by atoms with van der Waals surface area (Å²) in [4.78, 5) is 35.5. The van der Waals surface area contributed by atoms with Gasteiger partial charge in [-0.1, -0.05) is 26.5 Å². The number of carbonyl (C=O) groups excluding carboxylic acids is 2. The van der Waals surface area contributed by atoms with Gasteiger partial charge in [-0.15, -0.1) is 0 Å². The maximum atomic E-state index is 12.0. The predicted molar refractivity (Wildman–Crippen MR) is 85.7 cm³/mol. The molecule has 0 rings (SSSR count). The molecule has 0 aromatic rings. The van der Waals surface area contributed by atoms with Crippen molar-refractivity contribution in [2.24, 2.45) is 5.41 Å². The Morgan fingerprint density at radius 2 is 1.35 bits per heavy atom. The van der Waals surface area contributed by atoms with Gasteiger partial charge in [0.25, 0.3) is 0 Å². The number of ether oxygens (including phenoxy) is 2. The van der Waals surface area contributed by atoms with Crippen LogP contribution in [0.15, 0.2) is 24.3 Å². The number of rotatable bonds is 9. The highest BCUT2D eigenvalue weighted by Crippen LogP contribution is 2.37. The Morgan fingerprint density at radius 1 is 1.00 bits per heavy atom. The molecule has 0 fully saturated rings. The fraction of sp³-hybridized carbons (Fsp3) is 0.588. The number of carboxylic acid groups (broad SMARTS) is 1.